The summed E-state index contributed by atoms with van der Waals surface area (Å²) in [6.07, 6.45) is 1.57. The van der Waals surface area contributed by atoms with Crippen LogP contribution in [0.3, 0.4) is 0 Å². The molecular weight excluding hydrogens is 354 g/mol. The Bertz CT molecular complexity index is 637. The van der Waals surface area contributed by atoms with Crippen molar-refractivity contribution in [2.75, 3.05) is 18.4 Å². The Morgan fingerprint density at radius 1 is 1.29 bits per heavy atom. The van der Waals surface area contributed by atoms with Gasteiger partial charge >= 0.3 is 0 Å². The van der Waals surface area contributed by atoms with Gasteiger partial charge in [-0.2, -0.15) is 0 Å². The largest absolute Gasteiger partial charge is 0.364 e. The van der Waals surface area contributed by atoms with Crippen molar-refractivity contribution < 1.29 is 17.9 Å². The van der Waals surface area contributed by atoms with Crippen LogP contribution in [-0.2, 0) is 19.6 Å². The molecule has 1 saturated heterocycles. The zero-order valence-electron chi connectivity index (χ0n) is 13.5. The maximum absolute atomic E-state index is 12.1. The molecular formula is C15H24ClN3O4S. The van der Waals surface area contributed by atoms with Gasteiger partial charge in [0.2, 0.25) is 10.0 Å². The van der Waals surface area contributed by atoms with Crippen LogP contribution in [0.5, 0.6) is 0 Å². The van der Waals surface area contributed by atoms with Crippen LogP contribution in [-0.4, -0.2) is 39.6 Å². The second-order valence-electron chi connectivity index (χ2n) is 5.47. The van der Waals surface area contributed by atoms with E-state index in [-0.39, 0.29) is 29.3 Å². The number of sulfonamides is 1. The monoisotopic (exact) mass is 377 g/mol. The van der Waals surface area contributed by atoms with E-state index in [9.17, 15) is 13.2 Å². The number of amides is 1. The molecule has 1 aliphatic rings. The van der Waals surface area contributed by atoms with Gasteiger partial charge < -0.3 is 15.8 Å². The number of carbonyl (C=O) groups is 1. The molecule has 0 saturated carbocycles. The van der Waals surface area contributed by atoms with Gasteiger partial charge in [-0.1, -0.05) is 6.92 Å². The predicted molar refractivity (Wildman–Crippen MR) is 94.7 cm³/mol. The minimum atomic E-state index is -3.50. The molecule has 2 rings (SSSR count). The lowest BCUT2D eigenvalue weighted by atomic mass is 10.2. The summed E-state index contributed by atoms with van der Waals surface area (Å²) in [6.45, 7) is 2.69. The minimum Gasteiger partial charge on any atom is -0.364 e. The van der Waals surface area contributed by atoms with Gasteiger partial charge in [0.1, 0.15) is 6.10 Å². The molecule has 0 bridgehead atoms. The molecule has 1 aliphatic heterocycles. The number of nitrogens with one attached hydrogen (secondary N) is 2. The first-order valence-electron chi connectivity index (χ1n) is 7.72. The van der Waals surface area contributed by atoms with Crippen LogP contribution >= 0.6 is 12.4 Å². The lowest BCUT2D eigenvalue weighted by molar-refractivity contribution is -0.126. The van der Waals surface area contributed by atoms with Gasteiger partial charge in [-0.25, -0.2) is 13.1 Å². The summed E-state index contributed by atoms with van der Waals surface area (Å²) in [5.74, 6) is -0.235. The molecule has 9 heteroatoms. The number of benzene rings is 1. The molecule has 24 heavy (non-hydrogen) atoms. The molecule has 1 fully saturated rings. The molecule has 0 aliphatic carbocycles. The number of ether oxygens (including phenoxy) is 1. The van der Waals surface area contributed by atoms with Crippen molar-refractivity contribution in [3.05, 3.63) is 24.3 Å². The van der Waals surface area contributed by atoms with E-state index in [0.29, 0.717) is 25.2 Å². The fourth-order valence-corrected chi connectivity index (χ4v) is 3.47. The maximum Gasteiger partial charge on any atom is 0.253 e. The maximum atomic E-state index is 12.1. The number of nitrogens with two attached hydrogens (primary N) is 1. The molecule has 1 aromatic carbocycles. The summed E-state index contributed by atoms with van der Waals surface area (Å²) in [7, 11) is -3.50. The molecule has 1 heterocycles. The summed E-state index contributed by atoms with van der Waals surface area (Å²) in [4.78, 5) is 12.3. The zero-order chi connectivity index (χ0) is 16.9. The summed E-state index contributed by atoms with van der Waals surface area (Å²) in [6, 6.07) is 6.05. The molecule has 136 valence electrons. The van der Waals surface area contributed by atoms with Gasteiger partial charge in [-0.3, -0.25) is 4.79 Å². The molecule has 7 nitrogen and oxygen atoms in total. The van der Waals surface area contributed by atoms with E-state index in [0.717, 1.165) is 12.8 Å². The van der Waals surface area contributed by atoms with Crippen LogP contribution in [0.1, 0.15) is 26.2 Å². The second kappa shape index (κ2) is 9.33. The van der Waals surface area contributed by atoms with Crippen LogP contribution < -0.4 is 15.8 Å². The highest BCUT2D eigenvalue weighted by atomic mass is 35.5. The van der Waals surface area contributed by atoms with Crippen molar-refractivity contribution in [2.45, 2.75) is 43.3 Å². The second-order valence-corrected chi connectivity index (χ2v) is 7.24. The van der Waals surface area contributed by atoms with E-state index in [1.54, 1.807) is 12.1 Å². The molecule has 1 amide bonds. The Morgan fingerprint density at radius 3 is 2.50 bits per heavy atom. The summed E-state index contributed by atoms with van der Waals surface area (Å²) in [5, 5.41) is 2.73. The molecule has 4 N–H and O–H groups in total. The molecule has 0 radical (unpaired) electrons. The predicted octanol–water partition coefficient (Wildman–Crippen LogP) is 1.24. The van der Waals surface area contributed by atoms with Crippen molar-refractivity contribution in [2.24, 2.45) is 5.73 Å². The van der Waals surface area contributed by atoms with E-state index < -0.39 is 16.1 Å². The Kier molecular flexibility index (Phi) is 8.11. The van der Waals surface area contributed by atoms with Crippen molar-refractivity contribution in [3.63, 3.8) is 0 Å². The van der Waals surface area contributed by atoms with Gasteiger partial charge in [0.15, 0.2) is 0 Å². The van der Waals surface area contributed by atoms with E-state index in [2.05, 4.69) is 10.0 Å². The topological polar surface area (TPSA) is 111 Å². The van der Waals surface area contributed by atoms with E-state index in [1.807, 2.05) is 6.92 Å². The van der Waals surface area contributed by atoms with Crippen molar-refractivity contribution in [1.29, 1.82) is 0 Å². The average Bonchev–Trinajstić information content (AvgIpc) is 3.03. The Hall–Kier alpha value is -1.19. The van der Waals surface area contributed by atoms with Crippen molar-refractivity contribution >= 4 is 34.0 Å². The molecule has 0 aromatic heterocycles. The Labute approximate surface area is 148 Å². The first-order chi connectivity index (χ1) is 11.0. The fourth-order valence-electron chi connectivity index (χ4n) is 2.33. The average molecular weight is 378 g/mol. The molecule has 2 atom stereocenters. The number of halogens is 1. The molecule has 1 aromatic rings. The fraction of sp³-hybridized carbons (Fsp3) is 0.533. The van der Waals surface area contributed by atoms with Crippen LogP contribution in [0.4, 0.5) is 5.69 Å². The van der Waals surface area contributed by atoms with Gasteiger partial charge in [-0.05, 0) is 43.5 Å². The van der Waals surface area contributed by atoms with Gasteiger partial charge in [0, 0.05) is 18.8 Å². The first kappa shape index (κ1) is 20.9. The third-order valence-corrected chi connectivity index (χ3v) is 5.11. The number of rotatable bonds is 7. The van der Waals surface area contributed by atoms with Crippen LogP contribution in [0, 0.1) is 0 Å². The van der Waals surface area contributed by atoms with Crippen LogP contribution in [0.25, 0.3) is 0 Å². The Morgan fingerprint density at radius 2 is 1.96 bits per heavy atom. The van der Waals surface area contributed by atoms with E-state index in [4.69, 9.17) is 10.5 Å². The molecule has 0 unspecified atom stereocenters. The third-order valence-electron chi connectivity index (χ3n) is 3.64. The zero-order valence-corrected chi connectivity index (χ0v) is 15.2. The summed E-state index contributed by atoms with van der Waals surface area (Å²) < 4.78 is 32.0. The molecule has 0 spiro atoms. The quantitative estimate of drug-likeness (QED) is 0.662. The standard InChI is InChI=1S/C15H23N3O4S.ClH/c1-2-9-17-23(20,21)13-6-3-11(4-7-13)18-15(19)14-8-5-12(10-16)22-14;/h3-4,6-7,12,14,17H,2,5,8-10,16H2,1H3,(H,18,19);1H/t12-,14+;/m1./s1. The smallest absolute Gasteiger partial charge is 0.253 e. The third kappa shape index (κ3) is 5.42. The lowest BCUT2D eigenvalue weighted by Crippen LogP contribution is -2.29. The highest BCUT2D eigenvalue weighted by Gasteiger charge is 2.29. The highest BCUT2D eigenvalue weighted by molar-refractivity contribution is 7.89. The van der Waals surface area contributed by atoms with Crippen molar-refractivity contribution in [3.8, 4) is 0 Å². The normalized spacial score (nSPS) is 20.4. The van der Waals surface area contributed by atoms with Gasteiger partial charge in [-0.15, -0.1) is 12.4 Å². The number of anilines is 1. The van der Waals surface area contributed by atoms with Gasteiger partial charge in [0.25, 0.3) is 5.91 Å². The number of carbonyl (C=O) groups excluding carboxylic acids is 1. The minimum absolute atomic E-state index is 0. The van der Waals surface area contributed by atoms with Crippen LogP contribution in [0.2, 0.25) is 0 Å². The number of hydrogen-bond donors (Lipinski definition) is 3. The van der Waals surface area contributed by atoms with E-state index >= 15 is 0 Å². The van der Waals surface area contributed by atoms with Crippen LogP contribution in [0.15, 0.2) is 29.2 Å². The van der Waals surface area contributed by atoms with Gasteiger partial charge in [0.05, 0.1) is 11.0 Å². The Balaban J connectivity index is 0.00000288. The first-order valence-corrected chi connectivity index (χ1v) is 9.20. The SMILES string of the molecule is CCCNS(=O)(=O)c1ccc(NC(=O)[C@@H]2CC[C@H](CN)O2)cc1.Cl. The lowest BCUT2D eigenvalue weighted by Gasteiger charge is -2.13. The number of hydrogen-bond acceptors (Lipinski definition) is 5. The van der Waals surface area contributed by atoms with E-state index in [1.165, 1.54) is 12.1 Å². The summed E-state index contributed by atoms with van der Waals surface area (Å²) >= 11 is 0. The highest BCUT2D eigenvalue weighted by Crippen LogP contribution is 2.21. The summed E-state index contributed by atoms with van der Waals surface area (Å²) in [5.41, 5.74) is 6.05. The van der Waals surface area contributed by atoms with Crippen molar-refractivity contribution in [1.82, 2.24) is 4.72 Å².